The lowest BCUT2D eigenvalue weighted by Crippen LogP contribution is -2.41. The topological polar surface area (TPSA) is 71.4 Å². The molecule has 154 valence electrons. The van der Waals surface area contributed by atoms with Gasteiger partial charge in [-0.1, -0.05) is 38.1 Å². The summed E-state index contributed by atoms with van der Waals surface area (Å²) in [5, 5.41) is 2.77. The normalized spacial score (nSPS) is 19.2. The number of aryl methyl sites for hydroxylation is 1. The summed E-state index contributed by atoms with van der Waals surface area (Å²) in [7, 11) is 0. The number of aromatic nitrogens is 1. The van der Waals surface area contributed by atoms with Gasteiger partial charge in [0.25, 0.3) is 5.91 Å². The summed E-state index contributed by atoms with van der Waals surface area (Å²) in [6.07, 6.45) is 0. The number of Topliss-reactive ketones (excluding diaryl/α,β-unsaturated/α-hetero) is 1. The number of carbonyl (C=O) groups is 3. The molecule has 0 radical (unpaired) electrons. The summed E-state index contributed by atoms with van der Waals surface area (Å²) >= 11 is 0. The fraction of sp³-hybridized carbons (Fsp3) is 0.435. The Hall–Kier alpha value is -2.89. The van der Waals surface area contributed by atoms with Crippen molar-refractivity contribution in [3.05, 3.63) is 58.4 Å². The Morgan fingerprint density at radius 2 is 1.76 bits per heavy atom. The molecule has 1 aliphatic rings. The van der Waals surface area contributed by atoms with E-state index in [1.807, 2.05) is 55.7 Å². The van der Waals surface area contributed by atoms with Crippen LogP contribution in [0.3, 0.4) is 0 Å². The highest BCUT2D eigenvalue weighted by Crippen LogP contribution is 2.30. The minimum atomic E-state index is -1.17. The molecule has 3 rings (SSSR count). The van der Waals surface area contributed by atoms with Crippen molar-refractivity contribution in [2.75, 3.05) is 6.54 Å². The second-order valence-electron chi connectivity index (χ2n) is 8.18. The maximum absolute atomic E-state index is 13.1. The maximum Gasteiger partial charge on any atom is 0.325 e. The van der Waals surface area contributed by atoms with E-state index >= 15 is 0 Å². The van der Waals surface area contributed by atoms with Crippen LogP contribution in [0.2, 0.25) is 0 Å². The van der Waals surface area contributed by atoms with Crippen molar-refractivity contribution >= 4 is 17.7 Å². The second-order valence-corrected chi connectivity index (χ2v) is 8.18. The van der Waals surface area contributed by atoms with E-state index in [-0.39, 0.29) is 12.3 Å². The van der Waals surface area contributed by atoms with Gasteiger partial charge in [0.1, 0.15) is 5.54 Å². The lowest BCUT2D eigenvalue weighted by Gasteiger charge is -2.22. The highest BCUT2D eigenvalue weighted by atomic mass is 16.2. The van der Waals surface area contributed by atoms with Gasteiger partial charge >= 0.3 is 6.03 Å². The van der Waals surface area contributed by atoms with E-state index in [0.29, 0.717) is 17.0 Å². The largest absolute Gasteiger partial charge is 0.349 e. The number of carbonyl (C=O) groups excluding carboxylic acids is 3. The van der Waals surface area contributed by atoms with Crippen LogP contribution in [0.15, 0.2) is 30.3 Å². The summed E-state index contributed by atoms with van der Waals surface area (Å²) in [5.74, 6) is -0.264. The minimum Gasteiger partial charge on any atom is -0.349 e. The molecule has 1 aromatic carbocycles. The number of amides is 3. The third-order valence-corrected chi connectivity index (χ3v) is 5.92. The van der Waals surface area contributed by atoms with Crippen LogP contribution in [0.1, 0.15) is 66.5 Å². The Balaban J connectivity index is 1.84. The fourth-order valence-corrected chi connectivity index (χ4v) is 4.04. The van der Waals surface area contributed by atoms with E-state index in [2.05, 4.69) is 19.2 Å². The number of hydrogen-bond acceptors (Lipinski definition) is 3. The maximum atomic E-state index is 13.1. The minimum absolute atomic E-state index is 0.235. The summed E-state index contributed by atoms with van der Waals surface area (Å²) in [6.45, 7) is 12.2. The third kappa shape index (κ3) is 3.48. The summed E-state index contributed by atoms with van der Waals surface area (Å²) in [6, 6.07) is 8.96. The zero-order chi connectivity index (χ0) is 21.5. The standard InChI is InChI=1S/C23H29N3O3/c1-7-25-15(4)12-19(16(25)5)20(27)13-26-21(28)23(6,24-22(26)29)18-10-8-17(9-11-18)14(2)3/h8-12,14H,7,13H2,1-6H3,(H,24,29). The molecular formula is C23H29N3O3. The fourth-order valence-electron chi connectivity index (χ4n) is 4.04. The lowest BCUT2D eigenvalue weighted by atomic mass is 9.90. The van der Waals surface area contributed by atoms with Crippen molar-refractivity contribution < 1.29 is 14.4 Å². The molecule has 1 N–H and O–H groups in total. The molecule has 29 heavy (non-hydrogen) atoms. The van der Waals surface area contributed by atoms with Crippen molar-refractivity contribution in [3.8, 4) is 0 Å². The zero-order valence-electron chi connectivity index (χ0n) is 18.0. The van der Waals surface area contributed by atoms with E-state index in [0.717, 1.165) is 28.4 Å². The Labute approximate surface area is 171 Å². The summed E-state index contributed by atoms with van der Waals surface area (Å²) in [4.78, 5) is 39.6. The Morgan fingerprint density at radius 3 is 2.28 bits per heavy atom. The first-order valence-electron chi connectivity index (χ1n) is 10.0. The molecule has 2 aromatic rings. The molecule has 1 unspecified atom stereocenters. The quantitative estimate of drug-likeness (QED) is 0.596. The van der Waals surface area contributed by atoms with Crippen molar-refractivity contribution in [3.63, 3.8) is 0 Å². The third-order valence-electron chi connectivity index (χ3n) is 5.92. The lowest BCUT2D eigenvalue weighted by molar-refractivity contribution is -0.130. The number of rotatable bonds is 6. The number of ketones is 1. The van der Waals surface area contributed by atoms with Crippen molar-refractivity contribution in [2.24, 2.45) is 0 Å². The van der Waals surface area contributed by atoms with E-state index in [4.69, 9.17) is 0 Å². The molecule has 0 aliphatic carbocycles. The molecule has 3 amide bonds. The van der Waals surface area contributed by atoms with Crippen LogP contribution >= 0.6 is 0 Å². The number of urea groups is 1. The van der Waals surface area contributed by atoms with Crippen molar-refractivity contribution in [2.45, 2.75) is 59.5 Å². The van der Waals surface area contributed by atoms with Gasteiger partial charge in [-0.2, -0.15) is 0 Å². The molecular weight excluding hydrogens is 366 g/mol. The van der Waals surface area contributed by atoms with Gasteiger partial charge in [-0.15, -0.1) is 0 Å². The van der Waals surface area contributed by atoms with Gasteiger partial charge in [-0.25, -0.2) is 4.79 Å². The van der Waals surface area contributed by atoms with Gasteiger partial charge in [-0.3, -0.25) is 14.5 Å². The predicted molar refractivity (Wildman–Crippen MR) is 112 cm³/mol. The Bertz CT molecular complexity index is 972. The van der Waals surface area contributed by atoms with Gasteiger partial charge in [0.05, 0.1) is 6.54 Å². The molecule has 0 bridgehead atoms. The van der Waals surface area contributed by atoms with Gasteiger partial charge in [0.2, 0.25) is 0 Å². The first-order valence-corrected chi connectivity index (χ1v) is 10.0. The first-order chi connectivity index (χ1) is 13.6. The highest BCUT2D eigenvalue weighted by molar-refractivity contribution is 6.11. The van der Waals surface area contributed by atoms with Gasteiger partial charge < -0.3 is 9.88 Å². The molecule has 6 nitrogen and oxygen atoms in total. The molecule has 0 spiro atoms. The van der Waals surface area contributed by atoms with E-state index in [1.54, 1.807) is 6.92 Å². The van der Waals surface area contributed by atoms with Crippen LogP contribution in [-0.2, 0) is 16.9 Å². The Kier molecular flexibility index (Phi) is 5.39. The number of hydrogen-bond donors (Lipinski definition) is 1. The monoisotopic (exact) mass is 395 g/mol. The average Bonchev–Trinajstić information content (AvgIpc) is 3.09. The molecule has 1 saturated heterocycles. The molecule has 2 heterocycles. The second kappa shape index (κ2) is 7.50. The van der Waals surface area contributed by atoms with E-state index in [9.17, 15) is 14.4 Å². The Morgan fingerprint density at radius 1 is 1.14 bits per heavy atom. The molecule has 0 saturated carbocycles. The van der Waals surface area contributed by atoms with Gasteiger partial charge in [0.15, 0.2) is 5.78 Å². The first kappa shape index (κ1) is 20.8. The van der Waals surface area contributed by atoms with Crippen LogP contribution in [0.25, 0.3) is 0 Å². The van der Waals surface area contributed by atoms with Crippen LogP contribution < -0.4 is 5.32 Å². The molecule has 6 heteroatoms. The number of nitrogens with one attached hydrogen (secondary N) is 1. The number of nitrogens with zero attached hydrogens (tertiary/aromatic N) is 2. The zero-order valence-corrected chi connectivity index (χ0v) is 18.0. The van der Waals surface area contributed by atoms with Crippen LogP contribution in [0, 0.1) is 13.8 Å². The number of benzene rings is 1. The summed E-state index contributed by atoms with van der Waals surface area (Å²) < 4.78 is 2.04. The molecule has 1 atom stereocenters. The predicted octanol–water partition coefficient (Wildman–Crippen LogP) is 3.90. The smallest absolute Gasteiger partial charge is 0.325 e. The van der Waals surface area contributed by atoms with E-state index in [1.165, 1.54) is 0 Å². The molecule has 1 fully saturated rings. The van der Waals surface area contributed by atoms with Gasteiger partial charge in [-0.05, 0) is 50.8 Å². The van der Waals surface area contributed by atoms with Crippen molar-refractivity contribution in [1.29, 1.82) is 0 Å². The van der Waals surface area contributed by atoms with E-state index < -0.39 is 17.5 Å². The highest BCUT2D eigenvalue weighted by Gasteiger charge is 2.49. The molecule has 1 aromatic heterocycles. The van der Waals surface area contributed by atoms with Gasteiger partial charge in [0, 0.05) is 23.5 Å². The summed E-state index contributed by atoms with van der Waals surface area (Å²) in [5.41, 5.74) is 3.09. The van der Waals surface area contributed by atoms with Crippen LogP contribution in [0.5, 0.6) is 0 Å². The number of imide groups is 1. The SMILES string of the molecule is CCn1c(C)cc(C(=O)CN2C(=O)NC(C)(c3ccc(C(C)C)cc3)C2=O)c1C. The molecule has 1 aliphatic heterocycles. The van der Waals surface area contributed by atoms with Crippen LogP contribution in [0.4, 0.5) is 4.79 Å². The average molecular weight is 396 g/mol. The van der Waals surface area contributed by atoms with Crippen molar-refractivity contribution in [1.82, 2.24) is 14.8 Å². The van der Waals surface area contributed by atoms with Crippen LogP contribution in [-0.4, -0.2) is 33.7 Å².